The van der Waals surface area contributed by atoms with E-state index in [1.165, 1.54) is 6.20 Å². The maximum Gasteiger partial charge on any atom is 0.309 e. The van der Waals surface area contributed by atoms with Crippen LogP contribution < -0.4 is 11.1 Å². The van der Waals surface area contributed by atoms with Gasteiger partial charge in [-0.2, -0.15) is 11.8 Å². The van der Waals surface area contributed by atoms with Gasteiger partial charge in [0.05, 0.1) is 30.0 Å². The number of aliphatic carboxylic acids is 1. The second kappa shape index (κ2) is 7.75. The van der Waals surface area contributed by atoms with Gasteiger partial charge in [-0.1, -0.05) is 0 Å². The minimum Gasteiger partial charge on any atom is -0.481 e. The zero-order valence-corrected chi connectivity index (χ0v) is 11.4. The zero-order valence-electron chi connectivity index (χ0n) is 10.6. The van der Waals surface area contributed by atoms with E-state index in [1.807, 2.05) is 6.26 Å². The quantitative estimate of drug-likeness (QED) is 0.681. The van der Waals surface area contributed by atoms with Gasteiger partial charge >= 0.3 is 5.97 Å². The largest absolute Gasteiger partial charge is 0.481 e. The molecule has 6 nitrogen and oxygen atoms in total. The van der Waals surface area contributed by atoms with Crippen LogP contribution in [-0.4, -0.2) is 40.0 Å². The van der Waals surface area contributed by atoms with Crippen molar-refractivity contribution in [2.75, 3.05) is 17.3 Å². The molecule has 1 aromatic heterocycles. The van der Waals surface area contributed by atoms with E-state index in [0.29, 0.717) is 17.8 Å². The smallest absolute Gasteiger partial charge is 0.309 e. The van der Waals surface area contributed by atoms with Gasteiger partial charge < -0.3 is 16.2 Å². The first-order valence-electron chi connectivity index (χ1n) is 5.75. The molecule has 0 saturated carbocycles. The Hall–Kier alpha value is -1.60. The van der Waals surface area contributed by atoms with Crippen molar-refractivity contribution in [1.82, 2.24) is 4.98 Å². The molecule has 0 bridgehead atoms. The number of carbonyl (C=O) groups excluding carboxylic acids is 1. The maximum atomic E-state index is 11.7. The highest BCUT2D eigenvalue weighted by Crippen LogP contribution is 2.08. The summed E-state index contributed by atoms with van der Waals surface area (Å²) in [5.74, 6) is -0.380. The predicted molar refractivity (Wildman–Crippen MR) is 75.2 cm³/mol. The topological polar surface area (TPSA) is 105 Å². The number of carboxylic acid groups (broad SMARTS) is 1. The molecule has 0 aromatic carbocycles. The summed E-state index contributed by atoms with van der Waals surface area (Å²) < 4.78 is 0. The Morgan fingerprint density at radius 3 is 2.79 bits per heavy atom. The van der Waals surface area contributed by atoms with Crippen molar-refractivity contribution >= 4 is 29.3 Å². The van der Waals surface area contributed by atoms with Crippen LogP contribution in [0.2, 0.25) is 0 Å². The van der Waals surface area contributed by atoms with E-state index in [0.717, 1.165) is 5.75 Å². The van der Waals surface area contributed by atoms with E-state index >= 15 is 0 Å². The molecule has 0 aliphatic rings. The lowest BCUT2D eigenvalue weighted by molar-refractivity contribution is -0.136. The Bertz CT molecular complexity index is 436. The van der Waals surface area contributed by atoms with Crippen molar-refractivity contribution < 1.29 is 14.7 Å². The predicted octanol–water partition coefficient (Wildman–Crippen LogP) is 0.728. The first-order valence-corrected chi connectivity index (χ1v) is 7.14. The van der Waals surface area contributed by atoms with Crippen LogP contribution in [0.1, 0.15) is 12.1 Å². The number of anilines is 1. The van der Waals surface area contributed by atoms with Crippen LogP contribution in [0.5, 0.6) is 0 Å². The summed E-state index contributed by atoms with van der Waals surface area (Å²) in [5.41, 5.74) is 6.68. The summed E-state index contributed by atoms with van der Waals surface area (Å²) in [6.07, 6.45) is 3.85. The molecule has 1 rings (SSSR count). The van der Waals surface area contributed by atoms with Gasteiger partial charge in [0.2, 0.25) is 5.91 Å². The molecular formula is C12H17N3O3S. The molecule has 0 spiro atoms. The van der Waals surface area contributed by atoms with Crippen LogP contribution >= 0.6 is 11.8 Å². The molecule has 0 aliphatic heterocycles. The fourth-order valence-electron chi connectivity index (χ4n) is 1.37. The lowest BCUT2D eigenvalue weighted by Gasteiger charge is -2.11. The third-order valence-electron chi connectivity index (χ3n) is 2.39. The normalized spacial score (nSPS) is 11.9. The van der Waals surface area contributed by atoms with Gasteiger partial charge in [-0.15, -0.1) is 0 Å². The standard InChI is InChI=1S/C12H17N3O3S/c1-19-5-4-10(13)12(18)15-9-3-2-8(14-7-9)6-11(16)17/h2-3,7,10H,4-6,13H2,1H3,(H,15,18)(H,16,17)/t10-/m1/s1. The molecule has 4 N–H and O–H groups in total. The molecular weight excluding hydrogens is 266 g/mol. The molecule has 0 fully saturated rings. The molecule has 1 atom stereocenters. The molecule has 0 unspecified atom stereocenters. The van der Waals surface area contributed by atoms with E-state index in [-0.39, 0.29) is 12.3 Å². The summed E-state index contributed by atoms with van der Waals surface area (Å²) >= 11 is 1.63. The fourth-order valence-corrected chi connectivity index (χ4v) is 1.86. The number of hydrogen-bond acceptors (Lipinski definition) is 5. The van der Waals surface area contributed by atoms with E-state index in [1.54, 1.807) is 23.9 Å². The number of carbonyl (C=O) groups is 2. The lowest BCUT2D eigenvalue weighted by atomic mass is 10.2. The Balaban J connectivity index is 2.52. The van der Waals surface area contributed by atoms with Gasteiger partial charge in [0.15, 0.2) is 0 Å². The summed E-state index contributed by atoms with van der Waals surface area (Å²) in [6, 6.07) is 2.63. The highest BCUT2D eigenvalue weighted by Gasteiger charge is 2.13. The van der Waals surface area contributed by atoms with Crippen LogP contribution in [0.3, 0.4) is 0 Å². The number of thioether (sulfide) groups is 1. The third kappa shape index (κ3) is 5.71. The third-order valence-corrected chi connectivity index (χ3v) is 3.04. The van der Waals surface area contributed by atoms with Crippen LogP contribution in [0, 0.1) is 0 Å². The van der Waals surface area contributed by atoms with Crippen molar-refractivity contribution in [3.05, 3.63) is 24.0 Å². The van der Waals surface area contributed by atoms with E-state index in [9.17, 15) is 9.59 Å². The van der Waals surface area contributed by atoms with E-state index in [4.69, 9.17) is 10.8 Å². The SMILES string of the molecule is CSCC[C@@H](N)C(=O)Nc1ccc(CC(=O)O)nc1. The number of carboxylic acids is 1. The molecule has 0 radical (unpaired) electrons. The van der Waals surface area contributed by atoms with Gasteiger partial charge in [-0.3, -0.25) is 14.6 Å². The Labute approximate surface area is 115 Å². The molecule has 7 heteroatoms. The highest BCUT2D eigenvalue weighted by molar-refractivity contribution is 7.98. The van der Waals surface area contributed by atoms with Crippen LogP contribution in [0.15, 0.2) is 18.3 Å². The average Bonchev–Trinajstić information content (AvgIpc) is 2.37. The fraction of sp³-hybridized carbons (Fsp3) is 0.417. The summed E-state index contributed by atoms with van der Waals surface area (Å²) in [6.45, 7) is 0. The number of nitrogens with one attached hydrogen (secondary N) is 1. The monoisotopic (exact) mass is 283 g/mol. The van der Waals surface area contributed by atoms with E-state index in [2.05, 4.69) is 10.3 Å². The first-order chi connectivity index (χ1) is 9.02. The Morgan fingerprint density at radius 2 is 2.26 bits per heavy atom. The minimum absolute atomic E-state index is 0.137. The summed E-state index contributed by atoms with van der Waals surface area (Å²) in [5, 5.41) is 11.3. The number of pyridine rings is 1. The number of rotatable bonds is 7. The number of nitrogens with zero attached hydrogens (tertiary/aromatic N) is 1. The summed E-state index contributed by atoms with van der Waals surface area (Å²) in [4.78, 5) is 26.2. The van der Waals surface area contributed by atoms with Crippen LogP contribution in [0.4, 0.5) is 5.69 Å². The van der Waals surface area contributed by atoms with Crippen molar-refractivity contribution in [2.45, 2.75) is 18.9 Å². The molecule has 104 valence electrons. The molecule has 1 amide bonds. The van der Waals surface area contributed by atoms with Gasteiger partial charge in [-0.05, 0) is 30.6 Å². The number of amides is 1. The number of hydrogen-bond donors (Lipinski definition) is 3. The first kappa shape index (κ1) is 15.5. The van der Waals surface area contributed by atoms with E-state index < -0.39 is 12.0 Å². The second-order valence-electron chi connectivity index (χ2n) is 3.99. The molecule has 0 saturated heterocycles. The van der Waals surface area contributed by atoms with Crippen LogP contribution in [-0.2, 0) is 16.0 Å². The molecule has 19 heavy (non-hydrogen) atoms. The van der Waals surface area contributed by atoms with Gasteiger partial charge in [0, 0.05) is 0 Å². The summed E-state index contributed by atoms with van der Waals surface area (Å²) in [7, 11) is 0. The maximum absolute atomic E-state index is 11.7. The minimum atomic E-state index is -0.941. The number of nitrogens with two attached hydrogens (primary N) is 1. The Kier molecular flexibility index (Phi) is 6.31. The lowest BCUT2D eigenvalue weighted by Crippen LogP contribution is -2.36. The molecule has 1 heterocycles. The van der Waals surface area contributed by atoms with Gasteiger partial charge in [0.25, 0.3) is 0 Å². The Morgan fingerprint density at radius 1 is 1.53 bits per heavy atom. The average molecular weight is 283 g/mol. The van der Waals surface area contributed by atoms with Crippen molar-refractivity contribution in [2.24, 2.45) is 5.73 Å². The van der Waals surface area contributed by atoms with Crippen molar-refractivity contribution in [1.29, 1.82) is 0 Å². The van der Waals surface area contributed by atoms with Crippen molar-refractivity contribution in [3.8, 4) is 0 Å². The van der Waals surface area contributed by atoms with Gasteiger partial charge in [-0.25, -0.2) is 0 Å². The zero-order chi connectivity index (χ0) is 14.3. The second-order valence-corrected chi connectivity index (χ2v) is 4.97. The van der Waals surface area contributed by atoms with Crippen LogP contribution in [0.25, 0.3) is 0 Å². The van der Waals surface area contributed by atoms with Crippen molar-refractivity contribution in [3.63, 3.8) is 0 Å². The molecule has 1 aromatic rings. The van der Waals surface area contributed by atoms with Gasteiger partial charge in [0.1, 0.15) is 0 Å². The highest BCUT2D eigenvalue weighted by atomic mass is 32.2. The number of aromatic nitrogens is 1. The molecule has 0 aliphatic carbocycles.